The zero-order valence-electron chi connectivity index (χ0n) is 19.7. The molecule has 6 heteroatoms. The number of nitrogens with zero attached hydrogens (tertiary/aromatic N) is 1. The normalized spacial score (nSPS) is 11.1. The van der Waals surface area contributed by atoms with E-state index in [1.54, 1.807) is 12.1 Å². The predicted molar refractivity (Wildman–Crippen MR) is 138 cm³/mol. The quantitative estimate of drug-likeness (QED) is 0.172. The smallest absolute Gasteiger partial charge is 0.266 e. The molecule has 0 saturated heterocycles. The number of amides is 1. The highest BCUT2D eigenvalue weighted by atomic mass is 79.9. The summed E-state index contributed by atoms with van der Waals surface area (Å²) in [5, 5.41) is 12.3. The molecule has 176 valence electrons. The lowest BCUT2D eigenvalue weighted by molar-refractivity contribution is -0.112. The van der Waals surface area contributed by atoms with E-state index in [2.05, 4.69) is 28.2 Å². The number of hydrogen-bond donors (Lipinski definition) is 1. The molecule has 0 saturated carbocycles. The molecule has 0 aromatic heterocycles. The summed E-state index contributed by atoms with van der Waals surface area (Å²) < 4.78 is 12.5. The van der Waals surface area contributed by atoms with Crippen LogP contribution in [-0.4, -0.2) is 19.1 Å². The Morgan fingerprint density at radius 3 is 2.42 bits per heavy atom. The van der Waals surface area contributed by atoms with E-state index < -0.39 is 5.91 Å². The van der Waals surface area contributed by atoms with E-state index in [-0.39, 0.29) is 5.57 Å². The third-order valence-corrected chi connectivity index (χ3v) is 5.65. The molecular weight excluding hydrogens is 480 g/mol. The lowest BCUT2D eigenvalue weighted by atomic mass is 10.1. The molecule has 0 atom stereocenters. The molecule has 2 rings (SSSR count). The van der Waals surface area contributed by atoms with Crippen LogP contribution in [0.3, 0.4) is 0 Å². The summed E-state index contributed by atoms with van der Waals surface area (Å²) in [6.07, 6.45) is 8.69. The van der Waals surface area contributed by atoms with Gasteiger partial charge in [0, 0.05) is 5.69 Å². The minimum absolute atomic E-state index is 0.00525. The molecule has 0 spiro atoms. The monoisotopic (exact) mass is 512 g/mol. The van der Waals surface area contributed by atoms with Gasteiger partial charge in [-0.3, -0.25) is 4.79 Å². The molecule has 1 N–H and O–H groups in total. The fourth-order valence-electron chi connectivity index (χ4n) is 3.28. The Labute approximate surface area is 205 Å². The van der Waals surface area contributed by atoms with Crippen molar-refractivity contribution in [3.63, 3.8) is 0 Å². The van der Waals surface area contributed by atoms with Gasteiger partial charge >= 0.3 is 0 Å². The topological polar surface area (TPSA) is 71.3 Å². The van der Waals surface area contributed by atoms with Crippen LogP contribution in [0.4, 0.5) is 5.69 Å². The number of anilines is 1. The van der Waals surface area contributed by atoms with E-state index in [4.69, 9.17) is 9.47 Å². The standard InChI is InChI=1S/C27H33BrN2O3/c1-4-6-7-8-9-10-15-33-26-24(28)17-21(18-25(26)32-5-2)16-22(19-29)27(31)30-23-13-11-20(3)12-14-23/h11-14,16-18H,4-10,15H2,1-3H3,(H,30,31)/b22-16-. The minimum Gasteiger partial charge on any atom is -0.490 e. The van der Waals surface area contributed by atoms with Crippen LogP contribution in [0.5, 0.6) is 11.5 Å². The summed E-state index contributed by atoms with van der Waals surface area (Å²) in [6, 6.07) is 13.0. The van der Waals surface area contributed by atoms with Crippen molar-refractivity contribution >= 4 is 33.6 Å². The van der Waals surface area contributed by atoms with Crippen LogP contribution in [0.25, 0.3) is 6.08 Å². The van der Waals surface area contributed by atoms with E-state index in [9.17, 15) is 10.1 Å². The van der Waals surface area contributed by atoms with Crippen molar-refractivity contribution in [2.45, 2.75) is 59.3 Å². The number of carbonyl (C=O) groups is 1. The summed E-state index contributed by atoms with van der Waals surface area (Å²) in [7, 11) is 0. The molecule has 33 heavy (non-hydrogen) atoms. The highest BCUT2D eigenvalue weighted by Crippen LogP contribution is 2.37. The van der Waals surface area contributed by atoms with Gasteiger partial charge in [-0.1, -0.05) is 56.7 Å². The third kappa shape index (κ3) is 8.94. The number of halogens is 1. The van der Waals surface area contributed by atoms with Crippen molar-refractivity contribution in [1.29, 1.82) is 5.26 Å². The predicted octanol–water partition coefficient (Wildman–Crippen LogP) is 7.44. The fourth-order valence-corrected chi connectivity index (χ4v) is 3.86. The van der Waals surface area contributed by atoms with Crippen molar-refractivity contribution in [3.8, 4) is 17.6 Å². The number of rotatable bonds is 13. The van der Waals surface area contributed by atoms with Crippen LogP contribution < -0.4 is 14.8 Å². The van der Waals surface area contributed by atoms with E-state index in [1.165, 1.54) is 25.7 Å². The van der Waals surface area contributed by atoms with Crippen LogP contribution in [0.15, 0.2) is 46.4 Å². The fraction of sp³-hybridized carbons (Fsp3) is 0.407. The number of nitriles is 1. The minimum atomic E-state index is -0.459. The molecule has 2 aromatic carbocycles. The first kappa shape index (κ1) is 26.5. The van der Waals surface area contributed by atoms with Gasteiger partial charge in [-0.05, 0) is 72.1 Å². The van der Waals surface area contributed by atoms with Crippen molar-refractivity contribution in [2.75, 3.05) is 18.5 Å². The maximum atomic E-state index is 12.6. The molecule has 0 radical (unpaired) electrons. The average Bonchev–Trinajstić information content (AvgIpc) is 2.80. The Balaban J connectivity index is 2.11. The van der Waals surface area contributed by atoms with E-state index >= 15 is 0 Å². The number of aryl methyl sites for hydroxylation is 1. The van der Waals surface area contributed by atoms with Gasteiger partial charge in [-0.15, -0.1) is 0 Å². The van der Waals surface area contributed by atoms with Crippen molar-refractivity contribution in [3.05, 3.63) is 57.6 Å². The molecule has 0 aliphatic heterocycles. The summed E-state index contributed by atoms with van der Waals surface area (Å²) in [6.45, 7) is 7.18. The van der Waals surface area contributed by atoms with Gasteiger partial charge in [0.15, 0.2) is 11.5 Å². The summed E-state index contributed by atoms with van der Waals surface area (Å²) in [5.74, 6) is 0.768. The second kappa shape index (κ2) is 14.4. The molecule has 5 nitrogen and oxygen atoms in total. The number of ether oxygens (including phenoxy) is 2. The number of hydrogen-bond acceptors (Lipinski definition) is 4. The second-order valence-electron chi connectivity index (χ2n) is 7.87. The zero-order valence-corrected chi connectivity index (χ0v) is 21.3. The summed E-state index contributed by atoms with van der Waals surface area (Å²) in [4.78, 5) is 12.6. The Morgan fingerprint density at radius 1 is 1.06 bits per heavy atom. The molecule has 0 bridgehead atoms. The molecule has 0 unspecified atom stereocenters. The Bertz CT molecular complexity index is 978. The van der Waals surface area contributed by atoms with Crippen LogP contribution in [0.2, 0.25) is 0 Å². The maximum absolute atomic E-state index is 12.6. The first-order valence-corrected chi connectivity index (χ1v) is 12.4. The van der Waals surface area contributed by atoms with Gasteiger partial charge in [0.1, 0.15) is 11.6 Å². The molecular formula is C27H33BrN2O3. The van der Waals surface area contributed by atoms with Crippen molar-refractivity contribution in [2.24, 2.45) is 0 Å². The van der Waals surface area contributed by atoms with Gasteiger partial charge in [-0.25, -0.2) is 0 Å². The largest absolute Gasteiger partial charge is 0.490 e. The number of unbranched alkanes of at least 4 members (excludes halogenated alkanes) is 5. The molecule has 1 amide bonds. The Kier molecular flexibility index (Phi) is 11.5. The summed E-state index contributed by atoms with van der Waals surface area (Å²) >= 11 is 3.56. The lowest BCUT2D eigenvalue weighted by Crippen LogP contribution is -2.13. The first-order chi connectivity index (χ1) is 16.0. The van der Waals surface area contributed by atoms with Crippen LogP contribution >= 0.6 is 15.9 Å². The van der Waals surface area contributed by atoms with Crippen LogP contribution in [0.1, 0.15) is 63.5 Å². The SMILES string of the molecule is CCCCCCCCOc1c(Br)cc(/C=C(/C#N)C(=O)Nc2ccc(C)cc2)cc1OCC. The van der Waals surface area contributed by atoms with Gasteiger partial charge in [0.05, 0.1) is 17.7 Å². The molecule has 2 aromatic rings. The van der Waals surface area contributed by atoms with Crippen LogP contribution in [-0.2, 0) is 4.79 Å². The van der Waals surface area contributed by atoms with Gasteiger partial charge in [0.25, 0.3) is 5.91 Å². The van der Waals surface area contributed by atoms with E-state index in [1.807, 2.05) is 50.2 Å². The van der Waals surface area contributed by atoms with Crippen LogP contribution in [0, 0.1) is 18.3 Å². The molecule has 0 fully saturated rings. The van der Waals surface area contributed by atoms with E-state index in [0.29, 0.717) is 36.0 Å². The Morgan fingerprint density at radius 2 is 1.76 bits per heavy atom. The Hall–Kier alpha value is -2.78. The molecule has 0 aliphatic rings. The lowest BCUT2D eigenvalue weighted by Gasteiger charge is -2.15. The van der Waals surface area contributed by atoms with E-state index in [0.717, 1.165) is 22.9 Å². The second-order valence-corrected chi connectivity index (χ2v) is 8.72. The van der Waals surface area contributed by atoms with Gasteiger partial charge in [0.2, 0.25) is 0 Å². The van der Waals surface area contributed by atoms with Crippen molar-refractivity contribution in [1.82, 2.24) is 0 Å². The highest BCUT2D eigenvalue weighted by molar-refractivity contribution is 9.10. The van der Waals surface area contributed by atoms with Gasteiger partial charge < -0.3 is 14.8 Å². The van der Waals surface area contributed by atoms with Crippen molar-refractivity contribution < 1.29 is 14.3 Å². The summed E-state index contributed by atoms with van der Waals surface area (Å²) in [5.41, 5.74) is 2.41. The molecule has 0 aliphatic carbocycles. The third-order valence-electron chi connectivity index (χ3n) is 5.06. The first-order valence-electron chi connectivity index (χ1n) is 11.6. The maximum Gasteiger partial charge on any atom is 0.266 e. The molecule has 0 heterocycles. The number of benzene rings is 2. The van der Waals surface area contributed by atoms with Gasteiger partial charge in [-0.2, -0.15) is 5.26 Å². The number of nitrogens with one attached hydrogen (secondary N) is 1. The number of carbonyl (C=O) groups excluding carboxylic acids is 1. The zero-order chi connectivity index (χ0) is 24.1. The average molecular weight is 513 g/mol. The highest BCUT2D eigenvalue weighted by Gasteiger charge is 2.14.